The molecule has 4 rings (SSSR count). The summed E-state index contributed by atoms with van der Waals surface area (Å²) in [4.78, 5) is 17.9. The van der Waals surface area contributed by atoms with Gasteiger partial charge in [-0.25, -0.2) is 0 Å². The topological polar surface area (TPSA) is 202 Å². The fraction of sp³-hybridized carbons (Fsp3) is 0.391. The Labute approximate surface area is 446 Å². The van der Waals surface area contributed by atoms with Gasteiger partial charge in [-0.15, -0.1) is 102 Å². The van der Waals surface area contributed by atoms with Gasteiger partial charge in [0.05, 0.1) is 13.1 Å². The molecule has 18 heteroatoms. The van der Waals surface area contributed by atoms with Crippen LogP contribution >= 0.6 is 102 Å². The van der Waals surface area contributed by atoms with Gasteiger partial charge in [0.1, 0.15) is 0 Å². The van der Waals surface area contributed by atoms with Gasteiger partial charge < -0.3 is 33.6 Å². The molecule has 0 heterocycles. The van der Waals surface area contributed by atoms with Crippen LogP contribution in [0.4, 0.5) is 0 Å². The lowest BCUT2D eigenvalue weighted by atomic mass is 9.91. The fourth-order valence-corrected chi connectivity index (χ4v) is 6.44. The summed E-state index contributed by atoms with van der Waals surface area (Å²) in [5.74, 6) is 1.31. The quantitative estimate of drug-likeness (QED) is 0.0193. The number of guanidine groups is 4. The minimum absolute atomic E-state index is 0. The van der Waals surface area contributed by atoms with Crippen molar-refractivity contribution in [2.75, 3.05) is 52.4 Å². The second-order valence-corrected chi connectivity index (χ2v) is 14.0. The van der Waals surface area contributed by atoms with Crippen molar-refractivity contribution < 1.29 is 0 Å². The van der Waals surface area contributed by atoms with Gasteiger partial charge in [-0.1, -0.05) is 148 Å². The molecule has 0 radical (unpaired) electrons. The molecular formula is C46H74Br6N12. The van der Waals surface area contributed by atoms with E-state index in [0.717, 1.165) is 39.0 Å². The van der Waals surface area contributed by atoms with Crippen LogP contribution in [0.25, 0.3) is 0 Å². The standard InChI is InChI=1S/C45H64N12.CH4.6BrH/c46-42(56-44(48)54-34-40(36-20-8-4-9-21-36)37-22-10-5-11-23-37)52-32-18-30-50-28-16-2-1-3-17-29-51-31-19-33-53-43(47)57-45(49)55-35-41(38-24-12-6-13-25-38)39-26-14-7-15-27-39;;;;;;;/h4-15,20-27,40-41,50-51H,1-3,16-19,28-35H2,(H5,46,48,52,54,56)(H5,47,49,53,55,57);1H4;6*1H. The van der Waals surface area contributed by atoms with E-state index in [4.69, 9.17) is 22.9 Å². The lowest BCUT2D eigenvalue weighted by Crippen LogP contribution is -2.42. The first-order chi connectivity index (χ1) is 28.0. The summed E-state index contributed by atoms with van der Waals surface area (Å²) in [6, 6.07) is 41.3. The molecule has 0 amide bonds. The molecule has 4 aromatic rings. The normalized spacial score (nSPS) is 11.3. The lowest BCUT2D eigenvalue weighted by molar-refractivity contribution is 0.550. The summed E-state index contributed by atoms with van der Waals surface area (Å²) in [7, 11) is 0. The Balaban J connectivity index is -0.00000257. The number of hydrogen-bond donors (Lipinski definition) is 8. The maximum absolute atomic E-state index is 6.14. The second-order valence-electron chi connectivity index (χ2n) is 14.0. The fourth-order valence-electron chi connectivity index (χ4n) is 6.44. The van der Waals surface area contributed by atoms with Crippen molar-refractivity contribution in [3.05, 3.63) is 144 Å². The summed E-state index contributed by atoms with van der Waals surface area (Å²) in [6.45, 7) is 6.08. The van der Waals surface area contributed by atoms with E-state index in [1.165, 1.54) is 54.4 Å². The number of benzene rings is 4. The van der Waals surface area contributed by atoms with Crippen molar-refractivity contribution in [3.63, 3.8) is 0 Å². The zero-order valence-electron chi connectivity index (χ0n) is 35.9. The van der Waals surface area contributed by atoms with Crippen molar-refractivity contribution in [1.29, 1.82) is 0 Å². The molecular weight excluding hydrogens is 1200 g/mol. The Bertz CT molecular complexity index is 1580. The predicted molar refractivity (Wildman–Crippen MR) is 308 cm³/mol. The van der Waals surface area contributed by atoms with E-state index in [1.807, 2.05) is 72.8 Å². The van der Waals surface area contributed by atoms with E-state index in [-0.39, 0.29) is 145 Å². The Morgan fingerprint density at radius 3 is 0.906 bits per heavy atom. The Kier molecular flexibility index (Phi) is 45.3. The highest BCUT2D eigenvalue weighted by Crippen LogP contribution is 2.26. The van der Waals surface area contributed by atoms with Crippen LogP contribution in [-0.4, -0.2) is 76.2 Å². The van der Waals surface area contributed by atoms with Crippen LogP contribution in [0, 0.1) is 0 Å². The number of nitrogens with two attached hydrogens (primary N) is 4. The summed E-state index contributed by atoms with van der Waals surface area (Å²) in [5.41, 5.74) is 29.2. The third-order valence-corrected chi connectivity index (χ3v) is 9.50. The molecule has 0 aliphatic rings. The Morgan fingerprint density at radius 2 is 0.609 bits per heavy atom. The Morgan fingerprint density at radius 1 is 0.359 bits per heavy atom. The van der Waals surface area contributed by atoms with Gasteiger partial charge in [0.25, 0.3) is 0 Å². The number of halogens is 6. The highest BCUT2D eigenvalue weighted by Gasteiger charge is 2.15. The molecule has 0 bridgehead atoms. The van der Waals surface area contributed by atoms with E-state index < -0.39 is 0 Å². The molecule has 0 aliphatic heterocycles. The first-order valence-electron chi connectivity index (χ1n) is 20.3. The monoisotopic (exact) mass is 1270 g/mol. The average Bonchev–Trinajstić information content (AvgIpc) is 3.23. The molecule has 0 unspecified atom stereocenters. The Hall–Kier alpha value is -2.84. The zero-order valence-corrected chi connectivity index (χ0v) is 46.1. The molecule has 0 fully saturated rings. The van der Waals surface area contributed by atoms with Gasteiger partial charge in [0.15, 0.2) is 23.8 Å². The first-order valence-corrected chi connectivity index (χ1v) is 20.3. The van der Waals surface area contributed by atoms with Gasteiger partial charge in [0, 0.05) is 24.9 Å². The van der Waals surface area contributed by atoms with E-state index in [1.54, 1.807) is 0 Å². The van der Waals surface area contributed by atoms with Crippen molar-refractivity contribution in [3.8, 4) is 0 Å². The SMILES string of the molecule is Br.Br.Br.Br.Br.Br.C.NC(=NCCCNCCCCCCCNCCCN=C(N)NC(N)=NCC(c1ccccc1)c1ccccc1)NC(N)=NCC(c1ccccc1)c1ccccc1. The van der Waals surface area contributed by atoms with E-state index in [9.17, 15) is 0 Å². The number of aliphatic imine (C=N–C) groups is 4. The van der Waals surface area contributed by atoms with Crippen LogP contribution in [-0.2, 0) is 0 Å². The van der Waals surface area contributed by atoms with Crippen LogP contribution in [0.2, 0.25) is 0 Å². The molecule has 360 valence electrons. The largest absolute Gasteiger partial charge is 0.370 e. The summed E-state index contributed by atoms with van der Waals surface area (Å²) in [6.07, 6.45) is 7.83. The minimum atomic E-state index is 0. The van der Waals surface area contributed by atoms with Gasteiger partial charge in [-0.2, -0.15) is 0 Å². The molecule has 64 heavy (non-hydrogen) atoms. The van der Waals surface area contributed by atoms with Crippen LogP contribution in [0.5, 0.6) is 0 Å². The molecule has 0 spiro atoms. The molecule has 0 saturated carbocycles. The highest BCUT2D eigenvalue weighted by molar-refractivity contribution is 8.93. The predicted octanol–water partition coefficient (Wildman–Crippen LogP) is 9.10. The smallest absolute Gasteiger partial charge is 0.195 e. The lowest BCUT2D eigenvalue weighted by Gasteiger charge is -2.16. The van der Waals surface area contributed by atoms with Crippen LogP contribution in [0.15, 0.2) is 141 Å². The van der Waals surface area contributed by atoms with Crippen molar-refractivity contribution in [2.24, 2.45) is 42.9 Å². The molecule has 0 aliphatic carbocycles. The van der Waals surface area contributed by atoms with E-state index in [2.05, 4.69) is 89.8 Å². The van der Waals surface area contributed by atoms with Crippen molar-refractivity contribution in [1.82, 2.24) is 21.3 Å². The first kappa shape index (κ1) is 67.7. The van der Waals surface area contributed by atoms with Crippen LogP contribution in [0.3, 0.4) is 0 Å². The van der Waals surface area contributed by atoms with Crippen LogP contribution in [0.1, 0.15) is 86.5 Å². The highest BCUT2D eigenvalue weighted by atomic mass is 79.9. The minimum Gasteiger partial charge on any atom is -0.370 e. The number of hydrogen-bond acceptors (Lipinski definition) is 6. The molecule has 0 saturated heterocycles. The van der Waals surface area contributed by atoms with Gasteiger partial charge >= 0.3 is 0 Å². The summed E-state index contributed by atoms with van der Waals surface area (Å²) in [5, 5.41) is 12.9. The van der Waals surface area contributed by atoms with Gasteiger partial charge in [0.2, 0.25) is 0 Å². The molecule has 12 N–H and O–H groups in total. The van der Waals surface area contributed by atoms with E-state index >= 15 is 0 Å². The molecule has 12 nitrogen and oxygen atoms in total. The molecule has 0 atom stereocenters. The molecule has 0 aromatic heterocycles. The molecule has 4 aromatic carbocycles. The zero-order chi connectivity index (χ0) is 40.2. The van der Waals surface area contributed by atoms with Crippen molar-refractivity contribution >= 4 is 126 Å². The average molecular weight is 1270 g/mol. The van der Waals surface area contributed by atoms with E-state index in [0.29, 0.717) is 26.2 Å². The number of nitrogens with zero attached hydrogens (tertiary/aromatic N) is 4. The van der Waals surface area contributed by atoms with Crippen molar-refractivity contribution in [2.45, 2.75) is 64.2 Å². The second kappa shape index (κ2) is 42.8. The number of unbranched alkanes of at least 4 members (excludes halogenated alkanes) is 4. The maximum Gasteiger partial charge on any atom is 0.195 e. The number of nitrogens with one attached hydrogen (secondary N) is 4. The maximum atomic E-state index is 6.14. The van der Waals surface area contributed by atoms with Gasteiger partial charge in [-0.05, 0) is 74.1 Å². The third kappa shape index (κ3) is 28.9. The van der Waals surface area contributed by atoms with Crippen LogP contribution < -0.4 is 44.2 Å². The summed E-state index contributed by atoms with van der Waals surface area (Å²) < 4.78 is 0. The third-order valence-electron chi connectivity index (χ3n) is 9.50. The summed E-state index contributed by atoms with van der Waals surface area (Å²) >= 11 is 0. The van der Waals surface area contributed by atoms with Gasteiger partial charge in [-0.3, -0.25) is 30.6 Å². The number of rotatable bonds is 24.